The summed E-state index contributed by atoms with van der Waals surface area (Å²) >= 11 is 6.35. The number of ether oxygens (including phenoxy) is 1. The molecule has 1 fully saturated rings. The lowest BCUT2D eigenvalue weighted by Gasteiger charge is -2.22. The van der Waals surface area contributed by atoms with E-state index >= 15 is 0 Å². The fourth-order valence-corrected chi connectivity index (χ4v) is 3.83. The van der Waals surface area contributed by atoms with E-state index in [1.54, 1.807) is 39.2 Å². The van der Waals surface area contributed by atoms with Gasteiger partial charge in [-0.25, -0.2) is 19.3 Å². The molecule has 4 aromatic rings. The minimum absolute atomic E-state index is 0.0972. The number of hydrogen-bond acceptors (Lipinski definition) is 7. The van der Waals surface area contributed by atoms with Crippen molar-refractivity contribution in [2.24, 2.45) is 13.0 Å². The average Bonchev–Trinajstić information content (AvgIpc) is 3.27. The monoisotopic (exact) mass is 414 g/mol. The van der Waals surface area contributed by atoms with Crippen LogP contribution in [0.25, 0.3) is 16.8 Å². The number of aromatic nitrogens is 7. The highest BCUT2D eigenvalue weighted by molar-refractivity contribution is 6.33. The lowest BCUT2D eigenvalue weighted by Crippen LogP contribution is -2.28. The van der Waals surface area contributed by atoms with Crippen LogP contribution in [0.4, 0.5) is 11.6 Å². The number of nitrogens with one attached hydrogen (secondary N) is 1. The predicted molar refractivity (Wildman–Crippen MR) is 108 cm³/mol. The van der Waals surface area contributed by atoms with E-state index in [9.17, 15) is 4.79 Å². The number of imidazole rings is 1. The molecule has 11 heteroatoms. The molecule has 0 radical (unpaired) electrons. The molecule has 1 saturated heterocycles. The van der Waals surface area contributed by atoms with E-state index in [2.05, 4.69) is 25.4 Å². The zero-order valence-corrected chi connectivity index (χ0v) is 16.5. The fourth-order valence-electron chi connectivity index (χ4n) is 3.64. The molecular weight excluding hydrogens is 396 g/mol. The molecule has 5 rings (SSSR count). The molecule has 0 spiro atoms. The minimum Gasteiger partial charge on any atom is -0.381 e. The highest BCUT2D eigenvalue weighted by atomic mass is 35.5. The first-order valence-corrected chi connectivity index (χ1v) is 9.74. The van der Waals surface area contributed by atoms with Gasteiger partial charge in [-0.15, -0.1) is 0 Å². The van der Waals surface area contributed by atoms with Crippen LogP contribution < -0.4 is 11.0 Å². The van der Waals surface area contributed by atoms with E-state index in [0.717, 1.165) is 26.1 Å². The van der Waals surface area contributed by atoms with Gasteiger partial charge in [0.25, 0.3) is 0 Å². The standard InChI is InChI=1S/C18H19ClN8O2/c1-25-14-7-20-17(23-13-9-27-15(6-12(13)19)21-10-22-27)24-16(14)26(18(25)28)8-11-2-4-29-5-3-11/h6-7,9-11H,2-5,8H2,1H3,(H,20,23,24). The third-order valence-electron chi connectivity index (χ3n) is 5.28. The maximum absolute atomic E-state index is 12.8. The minimum atomic E-state index is -0.0972. The highest BCUT2D eigenvalue weighted by Crippen LogP contribution is 2.25. The second-order valence-corrected chi connectivity index (χ2v) is 7.54. The number of pyridine rings is 1. The summed E-state index contributed by atoms with van der Waals surface area (Å²) in [4.78, 5) is 25.8. The van der Waals surface area contributed by atoms with Gasteiger partial charge < -0.3 is 10.1 Å². The van der Waals surface area contributed by atoms with Crippen molar-refractivity contribution >= 4 is 40.0 Å². The molecule has 1 aliphatic rings. The van der Waals surface area contributed by atoms with Gasteiger partial charge in [0.1, 0.15) is 11.8 Å². The quantitative estimate of drug-likeness (QED) is 0.544. The van der Waals surface area contributed by atoms with Gasteiger partial charge in [0.2, 0.25) is 5.95 Å². The van der Waals surface area contributed by atoms with Crippen LogP contribution in [0.3, 0.4) is 0 Å². The van der Waals surface area contributed by atoms with Crippen LogP contribution in [0.15, 0.2) is 29.6 Å². The van der Waals surface area contributed by atoms with Crippen molar-refractivity contribution in [2.45, 2.75) is 19.4 Å². The van der Waals surface area contributed by atoms with Crippen molar-refractivity contribution < 1.29 is 4.74 Å². The van der Waals surface area contributed by atoms with Crippen molar-refractivity contribution in [3.05, 3.63) is 40.3 Å². The summed E-state index contributed by atoms with van der Waals surface area (Å²) in [7, 11) is 1.73. The number of halogens is 1. The molecule has 0 amide bonds. The molecule has 0 bridgehead atoms. The van der Waals surface area contributed by atoms with Gasteiger partial charge in [-0.05, 0) is 18.8 Å². The van der Waals surface area contributed by atoms with E-state index < -0.39 is 0 Å². The molecular formula is C18H19ClN8O2. The molecule has 150 valence electrons. The summed E-state index contributed by atoms with van der Waals surface area (Å²) in [5.41, 5.74) is 2.42. The zero-order chi connectivity index (χ0) is 20.0. The van der Waals surface area contributed by atoms with Gasteiger partial charge in [0.05, 0.1) is 23.1 Å². The van der Waals surface area contributed by atoms with Crippen molar-refractivity contribution in [1.29, 1.82) is 0 Å². The molecule has 10 nitrogen and oxygen atoms in total. The van der Waals surface area contributed by atoms with Crippen LogP contribution in [-0.2, 0) is 18.3 Å². The third kappa shape index (κ3) is 3.23. The first kappa shape index (κ1) is 18.1. The Labute approximate surface area is 170 Å². The topological polar surface area (TPSA) is 104 Å². The van der Waals surface area contributed by atoms with Gasteiger partial charge in [-0.1, -0.05) is 11.6 Å². The van der Waals surface area contributed by atoms with Gasteiger partial charge in [-0.3, -0.25) is 9.13 Å². The maximum atomic E-state index is 12.8. The Morgan fingerprint density at radius 1 is 1.31 bits per heavy atom. The molecule has 1 N–H and O–H groups in total. The van der Waals surface area contributed by atoms with E-state index in [1.165, 1.54) is 6.33 Å². The van der Waals surface area contributed by atoms with Gasteiger partial charge in [0, 0.05) is 32.9 Å². The lowest BCUT2D eigenvalue weighted by molar-refractivity contribution is 0.0612. The highest BCUT2D eigenvalue weighted by Gasteiger charge is 2.20. The Hall–Kier alpha value is -2.98. The second-order valence-electron chi connectivity index (χ2n) is 7.13. The van der Waals surface area contributed by atoms with E-state index in [0.29, 0.717) is 45.9 Å². The maximum Gasteiger partial charge on any atom is 0.330 e. The molecule has 4 aromatic heterocycles. The number of anilines is 2. The number of hydrogen-bond donors (Lipinski definition) is 1. The molecule has 0 saturated carbocycles. The van der Waals surface area contributed by atoms with Crippen LogP contribution in [0.1, 0.15) is 12.8 Å². The lowest BCUT2D eigenvalue weighted by atomic mass is 10.0. The molecule has 29 heavy (non-hydrogen) atoms. The zero-order valence-electron chi connectivity index (χ0n) is 15.7. The second kappa shape index (κ2) is 7.12. The summed E-state index contributed by atoms with van der Waals surface area (Å²) < 4.78 is 10.3. The molecule has 1 aliphatic heterocycles. The Morgan fingerprint density at radius 3 is 2.97 bits per heavy atom. The summed E-state index contributed by atoms with van der Waals surface area (Å²) in [6.07, 6.45) is 6.70. The Balaban J connectivity index is 1.52. The van der Waals surface area contributed by atoms with Crippen LogP contribution in [-0.4, -0.2) is 46.9 Å². The first-order chi connectivity index (χ1) is 14.1. The Bertz CT molecular complexity index is 1250. The molecule has 0 atom stereocenters. The van der Waals surface area contributed by atoms with Crippen LogP contribution in [0.5, 0.6) is 0 Å². The van der Waals surface area contributed by atoms with Gasteiger partial charge >= 0.3 is 5.69 Å². The van der Waals surface area contributed by atoms with E-state index in [4.69, 9.17) is 16.3 Å². The summed E-state index contributed by atoms with van der Waals surface area (Å²) in [6.45, 7) is 2.08. The van der Waals surface area contributed by atoms with Crippen molar-refractivity contribution in [3.63, 3.8) is 0 Å². The smallest absolute Gasteiger partial charge is 0.330 e. The number of fused-ring (bicyclic) bond motifs is 2. The van der Waals surface area contributed by atoms with Crippen LogP contribution in [0.2, 0.25) is 5.02 Å². The van der Waals surface area contributed by atoms with Crippen LogP contribution >= 0.6 is 11.6 Å². The summed E-state index contributed by atoms with van der Waals surface area (Å²) in [5, 5.41) is 7.71. The molecule has 5 heterocycles. The fraction of sp³-hybridized carbons (Fsp3) is 0.389. The van der Waals surface area contributed by atoms with Gasteiger partial charge in [0.15, 0.2) is 11.3 Å². The molecule has 0 aliphatic carbocycles. The van der Waals surface area contributed by atoms with E-state index in [-0.39, 0.29) is 5.69 Å². The first-order valence-electron chi connectivity index (χ1n) is 9.36. The number of nitrogens with zero attached hydrogens (tertiary/aromatic N) is 7. The average molecular weight is 415 g/mol. The van der Waals surface area contributed by atoms with Gasteiger partial charge in [-0.2, -0.15) is 10.1 Å². The largest absolute Gasteiger partial charge is 0.381 e. The normalized spacial score (nSPS) is 15.4. The Morgan fingerprint density at radius 2 is 2.14 bits per heavy atom. The van der Waals surface area contributed by atoms with Crippen molar-refractivity contribution in [3.8, 4) is 0 Å². The van der Waals surface area contributed by atoms with E-state index in [1.807, 2.05) is 0 Å². The third-order valence-corrected chi connectivity index (χ3v) is 5.59. The molecule has 0 aromatic carbocycles. The van der Waals surface area contributed by atoms with Crippen molar-refractivity contribution in [1.82, 2.24) is 33.7 Å². The SMILES string of the molecule is Cn1c(=O)n(CC2CCOCC2)c2nc(Nc3cn4ncnc4cc3Cl)ncc21. The van der Waals surface area contributed by atoms with Crippen LogP contribution in [0, 0.1) is 5.92 Å². The predicted octanol–water partition coefficient (Wildman–Crippen LogP) is 2.00. The number of rotatable bonds is 4. The summed E-state index contributed by atoms with van der Waals surface area (Å²) in [5.74, 6) is 0.743. The Kier molecular flexibility index (Phi) is 4.44. The van der Waals surface area contributed by atoms with Crippen molar-refractivity contribution in [2.75, 3.05) is 18.5 Å². The number of aryl methyl sites for hydroxylation is 1. The molecule has 0 unspecified atom stereocenters. The summed E-state index contributed by atoms with van der Waals surface area (Å²) in [6, 6.07) is 1.71.